The summed E-state index contributed by atoms with van der Waals surface area (Å²) in [7, 11) is 2.74. The Hall–Kier alpha value is -1.22. The van der Waals surface area contributed by atoms with Gasteiger partial charge in [0.2, 0.25) is 0 Å². The Morgan fingerprint density at radius 3 is 2.11 bits per heavy atom. The van der Waals surface area contributed by atoms with Gasteiger partial charge in [-0.1, -0.05) is 0 Å². The van der Waals surface area contributed by atoms with Crippen molar-refractivity contribution in [3.63, 3.8) is 0 Å². The fraction of sp³-hybridized carbons (Fsp3) is 0.900. The van der Waals surface area contributed by atoms with Crippen molar-refractivity contribution in [2.75, 3.05) is 14.2 Å². The number of hydrogen-bond donors (Lipinski definition) is 0. The highest BCUT2D eigenvalue weighted by Crippen LogP contribution is 2.71. The quantitative estimate of drug-likeness (QED) is 0.647. The Kier molecular flexibility index (Phi) is 3.54. The highest BCUT2D eigenvalue weighted by atomic mass is 16.8. The maximum absolute atomic E-state index is 12.9. The molecule has 0 aromatic rings. The van der Waals surface area contributed by atoms with E-state index in [-0.39, 0.29) is 23.7 Å². The van der Waals surface area contributed by atoms with Crippen LogP contribution in [0.4, 0.5) is 0 Å². The van der Waals surface area contributed by atoms with E-state index in [1.54, 1.807) is 0 Å². The van der Waals surface area contributed by atoms with Crippen molar-refractivity contribution < 1.29 is 38.0 Å². The molecule has 0 aromatic heterocycles. The van der Waals surface area contributed by atoms with E-state index in [2.05, 4.69) is 0 Å². The zero-order chi connectivity index (χ0) is 20.3. The summed E-state index contributed by atoms with van der Waals surface area (Å²) in [5.74, 6) is -2.62. The molecule has 2 heterocycles. The molecular formula is C20H28O8. The molecule has 3 aliphatic carbocycles. The molecule has 28 heavy (non-hydrogen) atoms. The lowest BCUT2D eigenvalue weighted by Crippen LogP contribution is -2.57. The van der Waals surface area contributed by atoms with Crippen LogP contribution in [0, 0.1) is 23.7 Å². The van der Waals surface area contributed by atoms with E-state index in [4.69, 9.17) is 28.4 Å². The molecule has 0 aromatic carbocycles. The second-order valence-electron chi connectivity index (χ2n) is 9.70. The molecule has 8 atom stereocenters. The molecule has 8 heteroatoms. The summed E-state index contributed by atoms with van der Waals surface area (Å²) in [6.07, 6.45) is 0.359. The zero-order valence-electron chi connectivity index (χ0n) is 17.1. The van der Waals surface area contributed by atoms with Gasteiger partial charge in [0.1, 0.15) is 12.2 Å². The second kappa shape index (κ2) is 5.28. The molecule has 0 unspecified atom stereocenters. The Balaban J connectivity index is 1.58. The molecule has 0 radical (unpaired) electrons. The number of ether oxygens (including phenoxy) is 6. The van der Waals surface area contributed by atoms with E-state index in [0.717, 1.165) is 6.42 Å². The molecule has 5 aliphatic rings. The van der Waals surface area contributed by atoms with Crippen LogP contribution in [-0.2, 0) is 38.0 Å². The van der Waals surface area contributed by atoms with Gasteiger partial charge in [-0.05, 0) is 58.3 Å². The molecule has 5 fully saturated rings. The zero-order valence-corrected chi connectivity index (χ0v) is 17.1. The lowest BCUT2D eigenvalue weighted by atomic mass is 9.70. The van der Waals surface area contributed by atoms with Gasteiger partial charge in [-0.25, -0.2) is 9.59 Å². The molecule has 5 rings (SSSR count). The van der Waals surface area contributed by atoms with Crippen molar-refractivity contribution >= 4 is 11.9 Å². The molecule has 2 aliphatic heterocycles. The lowest BCUT2D eigenvalue weighted by molar-refractivity contribution is -0.206. The van der Waals surface area contributed by atoms with Gasteiger partial charge in [-0.15, -0.1) is 0 Å². The van der Waals surface area contributed by atoms with Gasteiger partial charge in [-0.2, -0.15) is 0 Å². The summed E-state index contributed by atoms with van der Waals surface area (Å²) in [5, 5.41) is 0. The predicted octanol–water partition coefficient (Wildman–Crippen LogP) is 1.40. The topological polar surface area (TPSA) is 89.5 Å². The third-order valence-corrected chi connectivity index (χ3v) is 7.44. The molecule has 2 bridgehead atoms. The summed E-state index contributed by atoms with van der Waals surface area (Å²) in [4.78, 5) is 25.7. The largest absolute Gasteiger partial charge is 0.467 e. The van der Waals surface area contributed by atoms with Crippen molar-refractivity contribution in [1.29, 1.82) is 0 Å². The molecule has 8 nitrogen and oxygen atoms in total. The van der Waals surface area contributed by atoms with Gasteiger partial charge >= 0.3 is 11.9 Å². The van der Waals surface area contributed by atoms with E-state index in [1.165, 1.54) is 14.2 Å². The van der Waals surface area contributed by atoms with E-state index >= 15 is 0 Å². The van der Waals surface area contributed by atoms with Crippen molar-refractivity contribution in [1.82, 2.24) is 0 Å². The van der Waals surface area contributed by atoms with Crippen LogP contribution in [0.5, 0.6) is 0 Å². The summed E-state index contributed by atoms with van der Waals surface area (Å²) in [5.41, 5.74) is -2.30. The fourth-order valence-corrected chi connectivity index (χ4v) is 7.03. The van der Waals surface area contributed by atoms with E-state index in [9.17, 15) is 9.59 Å². The summed E-state index contributed by atoms with van der Waals surface area (Å²) < 4.78 is 35.1. The summed E-state index contributed by atoms with van der Waals surface area (Å²) in [6.45, 7) is 7.27. The van der Waals surface area contributed by atoms with Crippen molar-refractivity contribution in [2.24, 2.45) is 23.7 Å². The maximum atomic E-state index is 12.9. The third-order valence-electron chi connectivity index (χ3n) is 7.44. The average molecular weight is 396 g/mol. The van der Waals surface area contributed by atoms with Gasteiger partial charge < -0.3 is 28.4 Å². The first kappa shape index (κ1) is 18.8. The molecule has 3 saturated carbocycles. The highest BCUT2D eigenvalue weighted by Gasteiger charge is 2.82. The molecule has 0 N–H and O–H groups in total. The van der Waals surface area contributed by atoms with Crippen LogP contribution in [0.3, 0.4) is 0 Å². The number of hydrogen-bond acceptors (Lipinski definition) is 8. The molecule has 2 saturated heterocycles. The van der Waals surface area contributed by atoms with E-state index in [0.29, 0.717) is 6.42 Å². The van der Waals surface area contributed by atoms with Gasteiger partial charge in [0.25, 0.3) is 0 Å². The van der Waals surface area contributed by atoms with Crippen LogP contribution < -0.4 is 0 Å². The highest BCUT2D eigenvalue weighted by molar-refractivity contribution is 5.84. The van der Waals surface area contributed by atoms with Gasteiger partial charge in [0.15, 0.2) is 22.8 Å². The lowest BCUT2D eigenvalue weighted by Gasteiger charge is -2.41. The number of carbonyl (C=O) groups excluding carboxylic acids is 2. The van der Waals surface area contributed by atoms with Crippen molar-refractivity contribution in [3.8, 4) is 0 Å². The monoisotopic (exact) mass is 396 g/mol. The van der Waals surface area contributed by atoms with Crippen LogP contribution in [-0.4, -0.2) is 61.1 Å². The SMILES string of the molecule is COC(=O)[C@@]12OC(C)(C)O[C@@H]1[C@@H]1C[C@H]2[C@@H]2C[C@@]3(C(=O)OC)OC(C)(C)O[C@H]3[C@H]12. The number of rotatable bonds is 2. The summed E-state index contributed by atoms with van der Waals surface area (Å²) >= 11 is 0. The minimum atomic E-state index is -1.16. The smallest absolute Gasteiger partial charge is 0.341 e. The Labute approximate surface area is 164 Å². The number of methoxy groups -OCH3 is 2. The fourth-order valence-electron chi connectivity index (χ4n) is 7.03. The van der Waals surface area contributed by atoms with Crippen LogP contribution in [0.25, 0.3) is 0 Å². The van der Waals surface area contributed by atoms with E-state index < -0.39 is 46.9 Å². The Morgan fingerprint density at radius 2 is 1.46 bits per heavy atom. The van der Waals surface area contributed by atoms with E-state index in [1.807, 2.05) is 27.7 Å². The van der Waals surface area contributed by atoms with Crippen LogP contribution in [0.15, 0.2) is 0 Å². The maximum Gasteiger partial charge on any atom is 0.341 e. The molecule has 156 valence electrons. The normalized spacial score (nSPS) is 51.5. The van der Waals surface area contributed by atoms with Crippen LogP contribution in [0.2, 0.25) is 0 Å². The first-order valence-electron chi connectivity index (χ1n) is 9.94. The van der Waals surface area contributed by atoms with Crippen LogP contribution >= 0.6 is 0 Å². The first-order chi connectivity index (χ1) is 13.0. The minimum absolute atomic E-state index is 0.0184. The number of carbonyl (C=O) groups is 2. The van der Waals surface area contributed by atoms with Gasteiger partial charge in [-0.3, -0.25) is 0 Å². The first-order valence-corrected chi connectivity index (χ1v) is 9.94. The van der Waals surface area contributed by atoms with Gasteiger partial charge in [0.05, 0.1) is 14.2 Å². The molecular weight excluding hydrogens is 368 g/mol. The molecule has 0 amide bonds. The van der Waals surface area contributed by atoms with Crippen LogP contribution in [0.1, 0.15) is 40.5 Å². The number of esters is 2. The second-order valence-corrected chi connectivity index (χ2v) is 9.70. The van der Waals surface area contributed by atoms with Crippen molar-refractivity contribution in [2.45, 2.75) is 75.5 Å². The minimum Gasteiger partial charge on any atom is -0.467 e. The van der Waals surface area contributed by atoms with Gasteiger partial charge in [0, 0.05) is 5.92 Å². The molecule has 0 spiro atoms. The predicted molar refractivity (Wildman–Crippen MR) is 92.8 cm³/mol. The Morgan fingerprint density at radius 1 is 0.857 bits per heavy atom. The standard InChI is InChI=1S/C20H28O8/c1-17(2)26-14-12-9-7-11(10(12)8-19(14,27-17)15(21)23-5)20(16(22)24-6)13(9)25-18(3,4)28-20/h9-14H,7-8H2,1-6H3/t9-,10+,11+,12-,13-,14+,19-,20+/m1/s1. The third kappa shape index (κ3) is 2.00. The average Bonchev–Trinajstić information content (AvgIpc) is 3.32. The van der Waals surface area contributed by atoms with Crippen molar-refractivity contribution in [3.05, 3.63) is 0 Å². The Bertz CT molecular complexity index is 746. The number of fused-ring (bicyclic) bond motifs is 10. The summed E-state index contributed by atoms with van der Waals surface area (Å²) in [6, 6.07) is 0.